The lowest BCUT2D eigenvalue weighted by molar-refractivity contribution is 0.270. The smallest absolute Gasteiger partial charge is 0.0701 e. The summed E-state index contributed by atoms with van der Waals surface area (Å²) in [6.07, 6.45) is 2.92. The third-order valence-electron chi connectivity index (χ3n) is 2.06. The Balaban J connectivity index is 2.32. The molecule has 0 bridgehead atoms. The van der Waals surface area contributed by atoms with Crippen molar-refractivity contribution in [3.05, 3.63) is 20.8 Å². The van der Waals surface area contributed by atoms with Crippen LogP contribution < -0.4 is 5.32 Å². The largest absolute Gasteiger partial charge is 0.396 e. The molecule has 0 aromatic carbocycles. The quantitative estimate of drug-likeness (QED) is 0.812. The van der Waals surface area contributed by atoms with Gasteiger partial charge in [-0.15, -0.1) is 11.3 Å². The van der Waals surface area contributed by atoms with E-state index in [0.717, 1.165) is 18.7 Å². The molecule has 2 nitrogen and oxygen atoms in total. The maximum Gasteiger partial charge on any atom is 0.0701 e. The topological polar surface area (TPSA) is 32.3 Å². The van der Waals surface area contributed by atoms with Crippen molar-refractivity contribution in [2.75, 3.05) is 18.6 Å². The molecule has 15 heavy (non-hydrogen) atoms. The summed E-state index contributed by atoms with van der Waals surface area (Å²) in [5.74, 6) is 1.05. The summed E-state index contributed by atoms with van der Waals surface area (Å²) in [7, 11) is 0. The van der Waals surface area contributed by atoms with Crippen molar-refractivity contribution in [1.29, 1.82) is 0 Å². The van der Waals surface area contributed by atoms with Gasteiger partial charge in [0, 0.05) is 24.9 Å². The number of hydrogen-bond acceptors (Lipinski definition) is 4. The predicted molar refractivity (Wildman–Crippen MR) is 72.7 cm³/mol. The van der Waals surface area contributed by atoms with Crippen LogP contribution in [0, 0.1) is 0 Å². The van der Waals surface area contributed by atoms with Gasteiger partial charge in [-0.3, -0.25) is 0 Å². The number of aliphatic hydroxyl groups is 1. The van der Waals surface area contributed by atoms with E-state index in [0.29, 0.717) is 6.04 Å². The Morgan fingerprint density at radius 1 is 1.67 bits per heavy atom. The number of hydrogen-bond donors (Lipinski definition) is 2. The summed E-state index contributed by atoms with van der Waals surface area (Å²) < 4.78 is 1.17. The summed E-state index contributed by atoms with van der Waals surface area (Å²) in [5.41, 5.74) is 1.30. The molecule has 0 aliphatic rings. The average molecular weight is 310 g/mol. The number of thiophene rings is 1. The van der Waals surface area contributed by atoms with Crippen molar-refractivity contribution in [3.63, 3.8) is 0 Å². The summed E-state index contributed by atoms with van der Waals surface area (Å²) in [5, 5.41) is 14.5. The van der Waals surface area contributed by atoms with Crippen LogP contribution in [0.5, 0.6) is 0 Å². The lowest BCUT2D eigenvalue weighted by atomic mass is 10.2. The van der Waals surface area contributed by atoms with Crippen LogP contribution in [0.4, 0.5) is 0 Å². The molecule has 1 aromatic rings. The normalized spacial score (nSPS) is 13.0. The number of rotatable bonds is 7. The Hall–Kier alpha value is 0.450. The molecular formula is C10H16BrNOS2. The van der Waals surface area contributed by atoms with Crippen molar-refractivity contribution in [1.82, 2.24) is 5.32 Å². The van der Waals surface area contributed by atoms with E-state index in [2.05, 4.69) is 38.9 Å². The maximum absolute atomic E-state index is 8.91. The van der Waals surface area contributed by atoms with E-state index in [1.807, 2.05) is 11.8 Å². The van der Waals surface area contributed by atoms with Crippen LogP contribution >= 0.6 is 39.0 Å². The first-order valence-electron chi connectivity index (χ1n) is 4.82. The summed E-state index contributed by atoms with van der Waals surface area (Å²) in [4.78, 5) is 0. The van der Waals surface area contributed by atoms with Gasteiger partial charge in [-0.1, -0.05) is 0 Å². The first kappa shape index (κ1) is 13.5. The van der Waals surface area contributed by atoms with Crippen molar-refractivity contribution in [3.8, 4) is 0 Å². The molecule has 0 saturated carbocycles. The van der Waals surface area contributed by atoms with Crippen LogP contribution in [0.15, 0.2) is 15.2 Å². The average Bonchev–Trinajstić information content (AvgIpc) is 2.61. The van der Waals surface area contributed by atoms with Crippen molar-refractivity contribution >= 4 is 39.0 Å². The van der Waals surface area contributed by atoms with Gasteiger partial charge in [-0.25, -0.2) is 0 Å². The van der Waals surface area contributed by atoms with E-state index >= 15 is 0 Å². The summed E-state index contributed by atoms with van der Waals surface area (Å²) in [6.45, 7) is 1.14. The summed E-state index contributed by atoms with van der Waals surface area (Å²) >= 11 is 6.96. The van der Waals surface area contributed by atoms with Gasteiger partial charge in [0.15, 0.2) is 0 Å². The predicted octanol–water partition coefficient (Wildman–Crippen LogP) is 2.71. The van der Waals surface area contributed by atoms with Gasteiger partial charge in [-0.05, 0) is 45.6 Å². The Morgan fingerprint density at radius 2 is 2.47 bits per heavy atom. The van der Waals surface area contributed by atoms with E-state index in [-0.39, 0.29) is 6.61 Å². The van der Waals surface area contributed by atoms with E-state index in [4.69, 9.17) is 5.11 Å². The highest BCUT2D eigenvalue weighted by molar-refractivity contribution is 9.11. The van der Waals surface area contributed by atoms with E-state index in [1.165, 1.54) is 9.35 Å². The molecule has 1 rings (SSSR count). The van der Waals surface area contributed by atoms with Gasteiger partial charge in [0.05, 0.1) is 3.79 Å². The molecule has 1 atom stereocenters. The Kier molecular flexibility index (Phi) is 6.92. The third kappa shape index (κ3) is 5.36. The van der Waals surface area contributed by atoms with Crippen molar-refractivity contribution in [2.45, 2.75) is 19.0 Å². The van der Waals surface area contributed by atoms with Crippen molar-refractivity contribution in [2.24, 2.45) is 0 Å². The molecule has 1 heterocycles. The fraction of sp³-hybridized carbons (Fsp3) is 0.600. The minimum atomic E-state index is 0.256. The third-order valence-corrected chi connectivity index (χ3v) is 4.35. The minimum Gasteiger partial charge on any atom is -0.396 e. The zero-order valence-corrected chi connectivity index (χ0v) is 11.9. The van der Waals surface area contributed by atoms with E-state index < -0.39 is 0 Å². The van der Waals surface area contributed by atoms with Gasteiger partial charge in [0.2, 0.25) is 0 Å². The highest BCUT2D eigenvalue weighted by atomic mass is 79.9. The van der Waals surface area contributed by atoms with Gasteiger partial charge < -0.3 is 10.4 Å². The zero-order chi connectivity index (χ0) is 11.1. The fourth-order valence-corrected chi connectivity index (χ4v) is 3.20. The summed E-state index contributed by atoms with van der Waals surface area (Å²) in [6, 6.07) is 2.54. The second-order valence-corrected chi connectivity index (χ2v) is 6.51. The van der Waals surface area contributed by atoms with Crippen LogP contribution in [0.2, 0.25) is 0 Å². The number of thioether (sulfide) groups is 1. The Labute approximate surface area is 108 Å². The molecular weight excluding hydrogens is 294 g/mol. The molecule has 5 heteroatoms. The minimum absolute atomic E-state index is 0.256. The highest BCUT2D eigenvalue weighted by Gasteiger charge is 2.07. The van der Waals surface area contributed by atoms with Gasteiger partial charge in [-0.2, -0.15) is 11.8 Å². The molecule has 86 valence electrons. The van der Waals surface area contributed by atoms with Gasteiger partial charge in [0.25, 0.3) is 0 Å². The van der Waals surface area contributed by atoms with Gasteiger partial charge >= 0.3 is 0 Å². The number of nitrogens with one attached hydrogen (secondary N) is 1. The molecule has 0 amide bonds. The lowest BCUT2D eigenvalue weighted by Crippen LogP contribution is -2.31. The lowest BCUT2D eigenvalue weighted by Gasteiger charge is -2.15. The number of halogens is 1. The molecule has 0 spiro atoms. The molecule has 0 aliphatic carbocycles. The molecule has 0 saturated heterocycles. The van der Waals surface area contributed by atoms with Crippen LogP contribution in [-0.2, 0) is 6.54 Å². The van der Waals surface area contributed by atoms with Crippen LogP contribution in [0.1, 0.15) is 12.0 Å². The molecule has 0 aliphatic heterocycles. The van der Waals surface area contributed by atoms with Crippen LogP contribution in [0.3, 0.4) is 0 Å². The Morgan fingerprint density at radius 3 is 3.00 bits per heavy atom. The molecule has 2 N–H and O–H groups in total. The van der Waals surface area contributed by atoms with Crippen molar-refractivity contribution < 1.29 is 5.11 Å². The maximum atomic E-state index is 8.91. The second kappa shape index (κ2) is 7.68. The monoisotopic (exact) mass is 309 g/mol. The van der Waals surface area contributed by atoms with E-state index in [1.54, 1.807) is 11.3 Å². The standard InChI is InChI=1S/C10H16BrNOS2/c1-14-7-9(2-3-13)12-5-8-4-10(11)15-6-8/h4,6,9,12-13H,2-3,5,7H2,1H3. The van der Waals surface area contributed by atoms with E-state index in [9.17, 15) is 0 Å². The molecule has 1 unspecified atom stereocenters. The fourth-order valence-electron chi connectivity index (χ4n) is 1.30. The second-order valence-electron chi connectivity index (χ2n) is 3.30. The first-order chi connectivity index (χ1) is 7.26. The zero-order valence-electron chi connectivity index (χ0n) is 8.70. The SMILES string of the molecule is CSCC(CCO)NCc1csc(Br)c1. The molecule has 0 fully saturated rings. The Bertz CT molecular complexity index is 274. The highest BCUT2D eigenvalue weighted by Crippen LogP contribution is 2.20. The molecule has 0 radical (unpaired) electrons. The van der Waals surface area contributed by atoms with Gasteiger partial charge in [0.1, 0.15) is 0 Å². The van der Waals surface area contributed by atoms with Crippen LogP contribution in [0.25, 0.3) is 0 Å². The first-order valence-corrected chi connectivity index (χ1v) is 7.89. The molecule has 1 aromatic heterocycles. The number of aliphatic hydroxyl groups excluding tert-OH is 1. The van der Waals surface area contributed by atoms with Crippen LogP contribution in [-0.4, -0.2) is 29.8 Å².